The van der Waals surface area contributed by atoms with Crippen LogP contribution in [0.3, 0.4) is 0 Å². The zero-order valence-electron chi connectivity index (χ0n) is 12.4. The number of alkyl halides is 6. The van der Waals surface area contributed by atoms with Gasteiger partial charge in [-0.3, -0.25) is 4.79 Å². The number of benzene rings is 1. The molecule has 0 saturated heterocycles. The van der Waals surface area contributed by atoms with Crippen molar-refractivity contribution in [3.05, 3.63) is 29.5 Å². The highest BCUT2D eigenvalue weighted by molar-refractivity contribution is 6.12. The van der Waals surface area contributed by atoms with E-state index in [9.17, 15) is 31.1 Å². The van der Waals surface area contributed by atoms with Crippen LogP contribution in [0.4, 0.5) is 26.3 Å². The van der Waals surface area contributed by atoms with Crippen molar-refractivity contribution in [2.45, 2.75) is 32.1 Å². The molecule has 0 amide bonds. The number of unbranched alkanes of at least 4 members (excludes halogenated alkanes) is 1. The minimum atomic E-state index is -5.42. The van der Waals surface area contributed by atoms with Crippen molar-refractivity contribution in [2.24, 2.45) is 0 Å². The molecule has 0 fully saturated rings. The summed E-state index contributed by atoms with van der Waals surface area (Å²) in [6.07, 6.45) is -9.07. The number of aromatic nitrogens is 1. The summed E-state index contributed by atoms with van der Waals surface area (Å²) in [6, 6.07) is 3.49. The number of H-pyrrole nitrogens is 1. The molecule has 0 bridgehead atoms. The Labute approximate surface area is 132 Å². The first-order chi connectivity index (χ1) is 11.1. The van der Waals surface area contributed by atoms with Crippen LogP contribution in [-0.2, 0) is 6.18 Å². The number of fused-ring (bicyclic) bond motifs is 1. The summed E-state index contributed by atoms with van der Waals surface area (Å²) in [7, 11) is 0. The van der Waals surface area contributed by atoms with Gasteiger partial charge in [0.25, 0.3) is 5.78 Å². The van der Waals surface area contributed by atoms with Crippen molar-refractivity contribution in [3.8, 4) is 5.75 Å². The first-order valence-corrected chi connectivity index (χ1v) is 7.03. The van der Waals surface area contributed by atoms with E-state index >= 15 is 0 Å². The van der Waals surface area contributed by atoms with Crippen LogP contribution in [-0.4, -0.2) is 23.6 Å². The molecule has 0 atom stereocenters. The average molecular weight is 353 g/mol. The van der Waals surface area contributed by atoms with Gasteiger partial charge in [-0.1, -0.05) is 13.3 Å². The normalized spacial score (nSPS) is 12.6. The van der Waals surface area contributed by atoms with Crippen molar-refractivity contribution in [1.29, 1.82) is 0 Å². The summed E-state index contributed by atoms with van der Waals surface area (Å²) in [5.41, 5.74) is -3.38. The van der Waals surface area contributed by atoms with Gasteiger partial charge in [-0.2, -0.15) is 26.3 Å². The van der Waals surface area contributed by atoms with Crippen LogP contribution in [0.25, 0.3) is 10.9 Å². The highest BCUT2D eigenvalue weighted by Crippen LogP contribution is 2.39. The molecular weight excluding hydrogens is 340 g/mol. The highest BCUT2D eigenvalue weighted by atomic mass is 19.4. The maximum Gasteiger partial charge on any atom is 0.454 e. The van der Waals surface area contributed by atoms with Crippen LogP contribution in [0, 0.1) is 0 Å². The van der Waals surface area contributed by atoms with Crippen LogP contribution < -0.4 is 4.74 Å². The molecule has 0 aliphatic rings. The number of halogens is 6. The van der Waals surface area contributed by atoms with Gasteiger partial charge < -0.3 is 9.72 Å². The summed E-state index contributed by atoms with van der Waals surface area (Å²) in [5.74, 6) is -2.45. The first-order valence-electron chi connectivity index (χ1n) is 7.03. The lowest BCUT2D eigenvalue weighted by atomic mass is 10.1. The molecule has 1 aromatic carbocycles. The second kappa shape index (κ2) is 6.37. The van der Waals surface area contributed by atoms with Crippen molar-refractivity contribution in [3.63, 3.8) is 0 Å². The molecule has 24 heavy (non-hydrogen) atoms. The molecule has 0 aliphatic carbocycles. The third-order valence-corrected chi connectivity index (χ3v) is 3.30. The number of ketones is 1. The van der Waals surface area contributed by atoms with E-state index in [1.807, 2.05) is 11.9 Å². The number of hydrogen-bond donors (Lipinski definition) is 1. The predicted octanol–water partition coefficient (Wildman–Crippen LogP) is 5.11. The fourth-order valence-corrected chi connectivity index (χ4v) is 2.19. The van der Waals surface area contributed by atoms with Gasteiger partial charge in [0.05, 0.1) is 12.2 Å². The summed E-state index contributed by atoms with van der Waals surface area (Å²) in [4.78, 5) is 13.3. The van der Waals surface area contributed by atoms with Crippen molar-refractivity contribution in [1.82, 2.24) is 4.98 Å². The summed E-state index contributed by atoms with van der Waals surface area (Å²) < 4.78 is 82.4. The maximum atomic E-state index is 13.0. The number of Topliss-reactive ketones (excluding diaryl/α,β-unsaturated/α-hetero) is 1. The third kappa shape index (κ3) is 3.65. The van der Waals surface area contributed by atoms with E-state index in [2.05, 4.69) is 0 Å². The maximum absolute atomic E-state index is 13.0. The number of carbonyl (C=O) groups excluding carboxylic acids is 1. The van der Waals surface area contributed by atoms with Crippen LogP contribution in [0.15, 0.2) is 18.2 Å². The minimum absolute atomic E-state index is 0.0971. The van der Waals surface area contributed by atoms with Gasteiger partial charge in [-0.15, -0.1) is 0 Å². The number of aromatic amines is 1. The van der Waals surface area contributed by atoms with Gasteiger partial charge in [0.15, 0.2) is 0 Å². The molecule has 0 spiro atoms. The van der Waals surface area contributed by atoms with Gasteiger partial charge in [0.1, 0.15) is 11.4 Å². The Morgan fingerprint density at radius 2 is 1.83 bits per heavy atom. The standard InChI is InChI=1S/C15H13F6NO2/c1-2-3-6-24-8-4-5-10-9(7-8)11(13(23)15(19,20)21)12(22-10)14(16,17)18/h4-5,7,22H,2-3,6H2,1H3. The fourth-order valence-electron chi connectivity index (χ4n) is 2.19. The molecule has 9 heteroatoms. The van der Waals surface area contributed by atoms with Gasteiger partial charge in [-0.05, 0) is 24.6 Å². The quantitative estimate of drug-likeness (QED) is 0.461. The topological polar surface area (TPSA) is 42.1 Å². The number of ether oxygens (including phenoxy) is 1. The molecule has 0 saturated carbocycles. The molecule has 0 radical (unpaired) electrons. The predicted molar refractivity (Wildman–Crippen MR) is 74.1 cm³/mol. The molecule has 0 aliphatic heterocycles. The Bertz CT molecular complexity index is 745. The zero-order valence-corrected chi connectivity index (χ0v) is 12.4. The van der Waals surface area contributed by atoms with Crippen LogP contribution in [0.1, 0.15) is 35.8 Å². The van der Waals surface area contributed by atoms with Crippen LogP contribution in [0.5, 0.6) is 5.75 Å². The highest BCUT2D eigenvalue weighted by Gasteiger charge is 2.47. The first kappa shape index (κ1) is 18.2. The Morgan fingerprint density at radius 3 is 2.38 bits per heavy atom. The number of hydrogen-bond acceptors (Lipinski definition) is 2. The van der Waals surface area contributed by atoms with E-state index in [-0.39, 0.29) is 17.9 Å². The third-order valence-electron chi connectivity index (χ3n) is 3.30. The van der Waals surface area contributed by atoms with E-state index in [1.165, 1.54) is 6.07 Å². The average Bonchev–Trinajstić information content (AvgIpc) is 2.84. The van der Waals surface area contributed by atoms with Gasteiger partial charge in [0.2, 0.25) is 0 Å². The lowest BCUT2D eigenvalue weighted by molar-refractivity contribution is -0.141. The molecule has 0 unspecified atom stereocenters. The zero-order chi connectivity index (χ0) is 18.1. The second-order valence-electron chi connectivity index (χ2n) is 5.11. The lowest BCUT2D eigenvalue weighted by Gasteiger charge is -2.10. The molecule has 3 nitrogen and oxygen atoms in total. The van der Waals surface area contributed by atoms with Crippen LogP contribution in [0.2, 0.25) is 0 Å². The van der Waals surface area contributed by atoms with Crippen molar-refractivity contribution in [2.75, 3.05) is 6.61 Å². The van der Waals surface area contributed by atoms with E-state index in [0.717, 1.165) is 18.6 Å². The minimum Gasteiger partial charge on any atom is -0.494 e. The summed E-state index contributed by atoms with van der Waals surface area (Å²) >= 11 is 0. The Hall–Kier alpha value is -2.19. The van der Waals surface area contributed by atoms with Gasteiger partial charge in [0, 0.05) is 10.9 Å². The molecule has 1 aromatic heterocycles. The smallest absolute Gasteiger partial charge is 0.454 e. The SMILES string of the molecule is CCCCOc1ccc2[nH]c(C(F)(F)F)c(C(=O)C(F)(F)F)c2c1. The molecule has 1 N–H and O–H groups in total. The number of nitrogens with one attached hydrogen (secondary N) is 1. The number of carbonyl (C=O) groups is 1. The Kier molecular flexibility index (Phi) is 4.82. The van der Waals surface area contributed by atoms with E-state index in [1.54, 1.807) is 0 Å². The van der Waals surface area contributed by atoms with Crippen LogP contribution >= 0.6 is 0 Å². The Morgan fingerprint density at radius 1 is 1.17 bits per heavy atom. The molecule has 1 heterocycles. The van der Waals surface area contributed by atoms with Gasteiger partial charge >= 0.3 is 12.4 Å². The number of rotatable bonds is 5. The largest absolute Gasteiger partial charge is 0.494 e. The van der Waals surface area contributed by atoms with Crippen molar-refractivity contribution < 1.29 is 35.9 Å². The monoisotopic (exact) mass is 353 g/mol. The Balaban J connectivity index is 2.60. The summed E-state index contributed by atoms with van der Waals surface area (Å²) in [5, 5.41) is -0.473. The van der Waals surface area contributed by atoms with Crippen molar-refractivity contribution >= 4 is 16.7 Å². The molecule has 2 aromatic rings. The van der Waals surface area contributed by atoms with E-state index < -0.39 is 34.8 Å². The molecule has 2 rings (SSSR count). The summed E-state index contributed by atoms with van der Waals surface area (Å²) in [6.45, 7) is 2.16. The lowest BCUT2D eigenvalue weighted by Crippen LogP contribution is -2.25. The molecular formula is C15H13F6NO2. The molecule has 132 valence electrons. The van der Waals surface area contributed by atoms with Gasteiger partial charge in [-0.25, -0.2) is 0 Å². The van der Waals surface area contributed by atoms with E-state index in [4.69, 9.17) is 4.74 Å². The fraction of sp³-hybridized carbons (Fsp3) is 0.400. The van der Waals surface area contributed by atoms with E-state index in [0.29, 0.717) is 6.42 Å². The second-order valence-corrected chi connectivity index (χ2v) is 5.11.